The van der Waals surface area contributed by atoms with Crippen molar-refractivity contribution < 1.29 is 9.90 Å². The van der Waals surface area contributed by atoms with Crippen LogP contribution >= 0.6 is 0 Å². The molecule has 0 spiro atoms. The fourth-order valence-electron chi connectivity index (χ4n) is 2.31. The summed E-state index contributed by atoms with van der Waals surface area (Å²) in [6, 6.07) is 5.79. The van der Waals surface area contributed by atoms with Crippen molar-refractivity contribution in [3.63, 3.8) is 0 Å². The van der Waals surface area contributed by atoms with Gasteiger partial charge in [-0.2, -0.15) is 0 Å². The van der Waals surface area contributed by atoms with Gasteiger partial charge in [-0.3, -0.25) is 4.79 Å². The van der Waals surface area contributed by atoms with Crippen molar-refractivity contribution in [3.05, 3.63) is 35.8 Å². The standard InChI is InChI=1S/C16H23N3O2/c1-12-6-4-7-14-18-13(10-19(12)14)15(21)17-11-16(2,3)8-5-9-20/h4,6-7,10,20H,5,8-9,11H2,1-3H3,(H,17,21). The summed E-state index contributed by atoms with van der Waals surface area (Å²) in [7, 11) is 0. The molecule has 2 heterocycles. The van der Waals surface area contributed by atoms with Gasteiger partial charge in [-0.15, -0.1) is 0 Å². The van der Waals surface area contributed by atoms with Gasteiger partial charge in [-0.05, 0) is 37.3 Å². The van der Waals surface area contributed by atoms with Gasteiger partial charge < -0.3 is 14.8 Å². The topological polar surface area (TPSA) is 66.6 Å². The fraction of sp³-hybridized carbons (Fsp3) is 0.500. The quantitative estimate of drug-likeness (QED) is 0.856. The number of aliphatic hydroxyl groups is 1. The van der Waals surface area contributed by atoms with E-state index in [9.17, 15) is 4.79 Å². The molecule has 114 valence electrons. The van der Waals surface area contributed by atoms with Gasteiger partial charge in [0.05, 0.1) is 0 Å². The highest BCUT2D eigenvalue weighted by atomic mass is 16.2. The summed E-state index contributed by atoms with van der Waals surface area (Å²) in [4.78, 5) is 16.6. The van der Waals surface area contributed by atoms with Crippen molar-refractivity contribution >= 4 is 11.6 Å². The number of hydrogen-bond donors (Lipinski definition) is 2. The number of pyridine rings is 1. The van der Waals surface area contributed by atoms with Crippen LogP contribution in [0.2, 0.25) is 0 Å². The first kappa shape index (κ1) is 15.5. The maximum absolute atomic E-state index is 12.2. The Balaban J connectivity index is 2.04. The normalized spacial score (nSPS) is 11.8. The van der Waals surface area contributed by atoms with E-state index in [1.54, 1.807) is 6.20 Å². The summed E-state index contributed by atoms with van der Waals surface area (Å²) in [5.74, 6) is -0.157. The van der Waals surface area contributed by atoms with E-state index in [2.05, 4.69) is 24.1 Å². The molecule has 0 aliphatic heterocycles. The monoisotopic (exact) mass is 289 g/mol. The predicted octanol–water partition coefficient (Wildman–Crippen LogP) is 2.17. The lowest BCUT2D eigenvalue weighted by atomic mass is 9.88. The molecule has 0 aromatic carbocycles. The molecule has 5 heteroatoms. The fourth-order valence-corrected chi connectivity index (χ4v) is 2.31. The maximum Gasteiger partial charge on any atom is 0.271 e. The molecule has 21 heavy (non-hydrogen) atoms. The van der Waals surface area contributed by atoms with Gasteiger partial charge in [0.1, 0.15) is 11.3 Å². The molecule has 0 radical (unpaired) electrons. The number of imidazole rings is 1. The highest BCUT2D eigenvalue weighted by Crippen LogP contribution is 2.21. The van der Waals surface area contributed by atoms with Crippen LogP contribution in [0.15, 0.2) is 24.4 Å². The SMILES string of the molecule is Cc1cccc2nc(C(=O)NCC(C)(C)CCCO)cn12. The Labute approximate surface area is 125 Å². The van der Waals surface area contributed by atoms with Crippen molar-refractivity contribution in [1.29, 1.82) is 0 Å². The van der Waals surface area contributed by atoms with Crippen LogP contribution in [0.3, 0.4) is 0 Å². The number of aryl methyl sites for hydroxylation is 1. The zero-order valence-corrected chi connectivity index (χ0v) is 12.9. The van der Waals surface area contributed by atoms with Gasteiger partial charge in [0.25, 0.3) is 5.91 Å². The number of hydrogen-bond acceptors (Lipinski definition) is 3. The largest absolute Gasteiger partial charge is 0.396 e. The highest BCUT2D eigenvalue weighted by Gasteiger charge is 2.19. The van der Waals surface area contributed by atoms with Crippen molar-refractivity contribution in [3.8, 4) is 0 Å². The molecule has 0 fully saturated rings. The van der Waals surface area contributed by atoms with Gasteiger partial charge in [0, 0.05) is 25.0 Å². The molecule has 0 atom stereocenters. The van der Waals surface area contributed by atoms with E-state index in [1.807, 2.05) is 29.5 Å². The lowest BCUT2D eigenvalue weighted by Gasteiger charge is -2.24. The zero-order chi connectivity index (χ0) is 15.5. The number of nitrogens with zero attached hydrogens (tertiary/aromatic N) is 2. The van der Waals surface area contributed by atoms with E-state index in [1.165, 1.54) is 0 Å². The van der Waals surface area contributed by atoms with E-state index >= 15 is 0 Å². The average molecular weight is 289 g/mol. The van der Waals surface area contributed by atoms with Crippen LogP contribution in [0.1, 0.15) is 42.9 Å². The summed E-state index contributed by atoms with van der Waals surface area (Å²) < 4.78 is 1.91. The number of carbonyl (C=O) groups excluding carboxylic acids is 1. The molecular weight excluding hydrogens is 266 g/mol. The van der Waals surface area contributed by atoms with Crippen LogP contribution in [-0.4, -0.2) is 33.6 Å². The number of carbonyl (C=O) groups is 1. The van der Waals surface area contributed by atoms with Crippen LogP contribution in [0.4, 0.5) is 0 Å². The predicted molar refractivity (Wildman–Crippen MR) is 82.4 cm³/mol. The lowest BCUT2D eigenvalue weighted by Crippen LogP contribution is -2.34. The van der Waals surface area contributed by atoms with Gasteiger partial charge >= 0.3 is 0 Å². The molecule has 0 aliphatic rings. The van der Waals surface area contributed by atoms with E-state index in [-0.39, 0.29) is 17.9 Å². The lowest BCUT2D eigenvalue weighted by molar-refractivity contribution is 0.0928. The first-order chi connectivity index (χ1) is 9.93. The Morgan fingerprint density at radius 2 is 2.19 bits per heavy atom. The number of aromatic nitrogens is 2. The van der Waals surface area contributed by atoms with E-state index in [0.29, 0.717) is 12.2 Å². The van der Waals surface area contributed by atoms with E-state index < -0.39 is 0 Å². The summed E-state index contributed by atoms with van der Waals surface area (Å²) in [6.45, 7) is 6.89. The molecule has 2 N–H and O–H groups in total. The first-order valence-corrected chi connectivity index (χ1v) is 7.27. The van der Waals surface area contributed by atoms with Crippen molar-refractivity contribution in [2.45, 2.75) is 33.6 Å². The molecule has 2 aromatic rings. The molecule has 0 unspecified atom stereocenters. The third-order valence-electron chi connectivity index (χ3n) is 3.67. The van der Waals surface area contributed by atoms with Gasteiger partial charge in [-0.1, -0.05) is 19.9 Å². The third kappa shape index (κ3) is 3.82. The maximum atomic E-state index is 12.2. The number of fused-ring (bicyclic) bond motifs is 1. The van der Waals surface area contributed by atoms with Crippen LogP contribution in [0.5, 0.6) is 0 Å². The van der Waals surface area contributed by atoms with Crippen LogP contribution in [-0.2, 0) is 0 Å². The summed E-state index contributed by atoms with van der Waals surface area (Å²) in [6.07, 6.45) is 3.38. The van der Waals surface area contributed by atoms with Crippen molar-refractivity contribution in [1.82, 2.24) is 14.7 Å². The Morgan fingerprint density at radius 3 is 2.86 bits per heavy atom. The Kier molecular flexibility index (Phi) is 4.63. The van der Waals surface area contributed by atoms with Crippen LogP contribution in [0.25, 0.3) is 5.65 Å². The van der Waals surface area contributed by atoms with Crippen LogP contribution < -0.4 is 5.32 Å². The Morgan fingerprint density at radius 1 is 1.43 bits per heavy atom. The Hall–Kier alpha value is -1.88. The Bertz CT molecular complexity index is 631. The summed E-state index contributed by atoms with van der Waals surface area (Å²) >= 11 is 0. The molecule has 0 saturated carbocycles. The molecular formula is C16H23N3O2. The molecule has 0 aliphatic carbocycles. The number of rotatable bonds is 6. The third-order valence-corrected chi connectivity index (χ3v) is 3.67. The summed E-state index contributed by atoms with van der Waals surface area (Å²) in [5.41, 5.74) is 2.22. The minimum atomic E-state index is -0.157. The second-order valence-corrected chi connectivity index (χ2v) is 6.20. The van der Waals surface area contributed by atoms with Crippen molar-refractivity contribution in [2.75, 3.05) is 13.2 Å². The second-order valence-electron chi connectivity index (χ2n) is 6.20. The molecule has 5 nitrogen and oxygen atoms in total. The number of amides is 1. The molecule has 2 rings (SSSR count). The van der Waals surface area contributed by atoms with Crippen molar-refractivity contribution in [2.24, 2.45) is 5.41 Å². The van der Waals surface area contributed by atoms with Gasteiger partial charge in [-0.25, -0.2) is 4.98 Å². The zero-order valence-electron chi connectivity index (χ0n) is 12.9. The van der Waals surface area contributed by atoms with Crippen LogP contribution in [0, 0.1) is 12.3 Å². The second kappa shape index (κ2) is 6.26. The smallest absolute Gasteiger partial charge is 0.271 e. The average Bonchev–Trinajstić information content (AvgIpc) is 2.88. The first-order valence-electron chi connectivity index (χ1n) is 7.27. The van der Waals surface area contributed by atoms with E-state index in [0.717, 1.165) is 24.2 Å². The number of nitrogens with one attached hydrogen (secondary N) is 1. The number of aliphatic hydroxyl groups excluding tert-OH is 1. The molecule has 0 bridgehead atoms. The van der Waals surface area contributed by atoms with Gasteiger partial charge in [0.15, 0.2) is 0 Å². The minimum absolute atomic E-state index is 0.0343. The molecule has 1 amide bonds. The van der Waals surface area contributed by atoms with Gasteiger partial charge in [0.2, 0.25) is 0 Å². The molecule has 2 aromatic heterocycles. The highest BCUT2D eigenvalue weighted by molar-refractivity contribution is 5.92. The molecule has 0 saturated heterocycles. The minimum Gasteiger partial charge on any atom is -0.396 e. The summed E-state index contributed by atoms with van der Waals surface area (Å²) in [5, 5.41) is 11.8. The van der Waals surface area contributed by atoms with E-state index in [4.69, 9.17) is 5.11 Å².